The molecule has 0 radical (unpaired) electrons. The highest BCUT2D eigenvalue weighted by atomic mass is 32.1. The van der Waals surface area contributed by atoms with E-state index >= 15 is 0 Å². The number of likely N-dealkylation sites (tertiary alicyclic amines) is 2. The molecule has 10 heteroatoms. The minimum atomic E-state index is -0.539. The normalized spacial score (nSPS) is 19.7. The number of ether oxygens (including phenoxy) is 2. The van der Waals surface area contributed by atoms with Gasteiger partial charge in [0, 0.05) is 35.0 Å². The standard InChI is InChI=1S/C37H43N5O4S/c1-36(2,3)45-34(43)41-17-7-9-29(41)28-19-22-11-12-23(20-26(22)38-28)31-15-16-32(47-31)24-13-14-25-27(21-24)40-33(39-25)30-10-8-18-42(30)35(44)46-37(4,5)6/h11-16,20-21,29-30H,7-10,17-19H2,1-6H3,(H,39,40)/t29-,30-/m0/s1. The molecule has 2 aromatic carbocycles. The van der Waals surface area contributed by atoms with Crippen LogP contribution in [0.15, 0.2) is 53.5 Å². The molecule has 0 unspecified atom stereocenters. The van der Waals surface area contributed by atoms with Gasteiger partial charge in [-0.2, -0.15) is 0 Å². The first-order valence-corrected chi connectivity index (χ1v) is 17.4. The number of amides is 2. The number of thiophene rings is 1. The van der Waals surface area contributed by atoms with E-state index in [0.29, 0.717) is 13.1 Å². The molecule has 0 bridgehead atoms. The fraction of sp³-hybridized carbons (Fsp3) is 0.459. The number of carbonyl (C=O) groups excluding carboxylic acids is 2. The number of aromatic amines is 1. The molecule has 4 aromatic rings. The maximum absolute atomic E-state index is 12.9. The number of H-pyrrole nitrogens is 1. The van der Waals surface area contributed by atoms with Crippen molar-refractivity contribution in [3.8, 4) is 20.9 Å². The first-order chi connectivity index (χ1) is 22.3. The molecule has 246 valence electrons. The molecular weight excluding hydrogens is 611 g/mol. The van der Waals surface area contributed by atoms with Gasteiger partial charge in [-0.25, -0.2) is 14.6 Å². The lowest BCUT2D eigenvalue weighted by molar-refractivity contribution is 0.0216. The Morgan fingerprint density at radius 2 is 1.40 bits per heavy atom. The van der Waals surface area contributed by atoms with Crippen LogP contribution in [0.1, 0.15) is 84.7 Å². The summed E-state index contributed by atoms with van der Waals surface area (Å²) in [5.41, 5.74) is 6.25. The maximum Gasteiger partial charge on any atom is 0.410 e. The van der Waals surface area contributed by atoms with Crippen LogP contribution in [0.4, 0.5) is 15.3 Å². The summed E-state index contributed by atoms with van der Waals surface area (Å²) in [6.45, 7) is 12.8. The van der Waals surface area contributed by atoms with Gasteiger partial charge >= 0.3 is 12.2 Å². The Kier molecular flexibility index (Phi) is 7.89. The first-order valence-electron chi connectivity index (χ1n) is 16.6. The number of hydrogen-bond acceptors (Lipinski definition) is 7. The molecule has 2 fully saturated rings. The number of carbonyl (C=O) groups is 2. The number of aromatic nitrogens is 2. The van der Waals surface area contributed by atoms with E-state index in [-0.39, 0.29) is 24.3 Å². The molecule has 9 nitrogen and oxygen atoms in total. The lowest BCUT2D eigenvalue weighted by Gasteiger charge is -2.28. The predicted molar refractivity (Wildman–Crippen MR) is 187 cm³/mol. The van der Waals surface area contributed by atoms with Crippen molar-refractivity contribution in [2.24, 2.45) is 4.99 Å². The second kappa shape index (κ2) is 11.8. The van der Waals surface area contributed by atoms with Crippen molar-refractivity contribution in [1.82, 2.24) is 19.8 Å². The molecule has 2 amide bonds. The van der Waals surface area contributed by atoms with Crippen molar-refractivity contribution in [2.45, 2.75) is 96.9 Å². The van der Waals surface area contributed by atoms with Crippen LogP contribution in [-0.4, -0.2) is 68.0 Å². The second-order valence-corrected chi connectivity index (χ2v) is 15.9. The number of aliphatic imine (C=N–C) groups is 1. The van der Waals surface area contributed by atoms with Crippen LogP contribution in [0.25, 0.3) is 31.9 Å². The highest BCUT2D eigenvalue weighted by molar-refractivity contribution is 7.18. The molecule has 7 rings (SSSR count). The van der Waals surface area contributed by atoms with E-state index in [0.717, 1.165) is 76.4 Å². The molecular formula is C37H43N5O4S. The Hall–Kier alpha value is -4.18. The largest absolute Gasteiger partial charge is 0.444 e. The van der Waals surface area contributed by atoms with Crippen molar-refractivity contribution in [3.63, 3.8) is 0 Å². The van der Waals surface area contributed by atoms with E-state index in [1.807, 2.05) is 46.4 Å². The van der Waals surface area contributed by atoms with E-state index in [4.69, 9.17) is 19.5 Å². The Labute approximate surface area is 280 Å². The van der Waals surface area contributed by atoms with Crippen molar-refractivity contribution in [3.05, 3.63) is 59.9 Å². The molecule has 2 aromatic heterocycles. The number of nitrogens with zero attached hydrogens (tertiary/aromatic N) is 4. The van der Waals surface area contributed by atoms with Gasteiger partial charge in [0.2, 0.25) is 0 Å². The highest BCUT2D eigenvalue weighted by Crippen LogP contribution is 2.40. The third-order valence-electron chi connectivity index (χ3n) is 8.86. The molecule has 0 spiro atoms. The smallest absolute Gasteiger partial charge is 0.410 e. The van der Waals surface area contributed by atoms with Crippen LogP contribution < -0.4 is 0 Å². The third-order valence-corrected chi connectivity index (χ3v) is 10.0. The van der Waals surface area contributed by atoms with Crippen LogP contribution in [0.5, 0.6) is 0 Å². The van der Waals surface area contributed by atoms with Crippen LogP contribution in [0, 0.1) is 0 Å². The summed E-state index contributed by atoms with van der Waals surface area (Å²) in [6.07, 6.45) is 3.87. The van der Waals surface area contributed by atoms with E-state index in [1.54, 1.807) is 16.2 Å². The third kappa shape index (κ3) is 6.52. The zero-order valence-corrected chi connectivity index (χ0v) is 28.9. The first kappa shape index (κ1) is 31.4. The maximum atomic E-state index is 12.9. The quantitative estimate of drug-likeness (QED) is 0.237. The van der Waals surface area contributed by atoms with Crippen LogP contribution in [0.3, 0.4) is 0 Å². The SMILES string of the molecule is CC(C)(C)OC(=O)N1CCC[C@H]1C1=Nc2cc(-c3ccc(-c4ccc5[nH]c([C@@H]6CCCN6C(=O)OC(C)(C)C)nc5c4)s3)ccc2C1. The average molecular weight is 654 g/mol. The van der Waals surface area contributed by atoms with E-state index in [2.05, 4.69) is 53.5 Å². The number of fused-ring (bicyclic) bond motifs is 2. The molecule has 5 heterocycles. The zero-order valence-electron chi connectivity index (χ0n) is 28.1. The minimum Gasteiger partial charge on any atom is -0.444 e. The lowest BCUT2D eigenvalue weighted by atomic mass is 10.0. The number of imidazole rings is 1. The molecule has 47 heavy (non-hydrogen) atoms. The topological polar surface area (TPSA) is 100 Å². The lowest BCUT2D eigenvalue weighted by Crippen LogP contribution is -2.43. The van der Waals surface area contributed by atoms with Gasteiger partial charge in [-0.15, -0.1) is 11.3 Å². The van der Waals surface area contributed by atoms with Gasteiger partial charge in [0.1, 0.15) is 17.0 Å². The van der Waals surface area contributed by atoms with Gasteiger partial charge < -0.3 is 14.5 Å². The summed E-state index contributed by atoms with van der Waals surface area (Å²) in [7, 11) is 0. The summed E-state index contributed by atoms with van der Waals surface area (Å²) >= 11 is 1.75. The molecule has 0 saturated carbocycles. The molecule has 1 N–H and O–H groups in total. The van der Waals surface area contributed by atoms with E-state index < -0.39 is 11.2 Å². The highest BCUT2D eigenvalue weighted by Gasteiger charge is 2.37. The number of rotatable bonds is 4. The molecule has 2 saturated heterocycles. The van der Waals surface area contributed by atoms with E-state index in [9.17, 15) is 9.59 Å². The number of nitrogens with one attached hydrogen (secondary N) is 1. The van der Waals surface area contributed by atoms with Crippen LogP contribution in [0.2, 0.25) is 0 Å². The Morgan fingerprint density at radius 3 is 2.06 bits per heavy atom. The summed E-state index contributed by atoms with van der Waals surface area (Å²) in [4.78, 5) is 45.2. The Bertz CT molecular complexity index is 1880. The van der Waals surface area contributed by atoms with Gasteiger partial charge in [0.15, 0.2) is 0 Å². The van der Waals surface area contributed by atoms with Crippen molar-refractivity contribution in [2.75, 3.05) is 13.1 Å². The van der Waals surface area contributed by atoms with Gasteiger partial charge in [-0.1, -0.05) is 18.2 Å². The molecule has 3 aliphatic rings. The van der Waals surface area contributed by atoms with E-state index in [1.165, 1.54) is 10.4 Å². The van der Waals surface area contributed by atoms with Gasteiger partial charge in [-0.05, 0) is 114 Å². The number of benzene rings is 2. The Balaban J connectivity index is 1.08. The molecule has 0 aliphatic carbocycles. The fourth-order valence-corrected chi connectivity index (χ4v) is 7.78. The summed E-state index contributed by atoms with van der Waals surface area (Å²) in [5, 5.41) is 0. The Morgan fingerprint density at radius 1 is 0.809 bits per heavy atom. The fourth-order valence-electron chi connectivity index (χ4n) is 6.78. The summed E-state index contributed by atoms with van der Waals surface area (Å²) in [5.74, 6) is 0.803. The summed E-state index contributed by atoms with van der Waals surface area (Å²) < 4.78 is 11.4. The average Bonchev–Trinajstić information content (AvgIpc) is 3.82. The van der Waals surface area contributed by atoms with Crippen LogP contribution in [-0.2, 0) is 15.9 Å². The number of hydrogen-bond donors (Lipinski definition) is 1. The molecule has 2 atom stereocenters. The van der Waals surface area contributed by atoms with Gasteiger partial charge in [0.25, 0.3) is 0 Å². The minimum absolute atomic E-state index is 0.0134. The summed E-state index contributed by atoms with van der Waals surface area (Å²) in [6, 6.07) is 17.0. The zero-order chi connectivity index (χ0) is 33.1. The molecule has 3 aliphatic heterocycles. The second-order valence-electron chi connectivity index (χ2n) is 14.8. The van der Waals surface area contributed by atoms with Gasteiger partial charge in [0.05, 0.1) is 28.8 Å². The monoisotopic (exact) mass is 653 g/mol. The predicted octanol–water partition coefficient (Wildman–Crippen LogP) is 9.06. The van der Waals surface area contributed by atoms with Crippen molar-refractivity contribution >= 4 is 46.0 Å². The van der Waals surface area contributed by atoms with Crippen molar-refractivity contribution < 1.29 is 19.1 Å². The van der Waals surface area contributed by atoms with Crippen LogP contribution >= 0.6 is 11.3 Å². The van der Waals surface area contributed by atoms with Gasteiger partial charge in [-0.3, -0.25) is 14.8 Å². The van der Waals surface area contributed by atoms with Crippen molar-refractivity contribution in [1.29, 1.82) is 0 Å².